The van der Waals surface area contributed by atoms with Gasteiger partial charge in [-0.25, -0.2) is 4.99 Å². The number of likely N-dealkylation sites (tertiary alicyclic amines) is 1. The fourth-order valence-corrected chi connectivity index (χ4v) is 11.9. The molecule has 1 saturated heterocycles. The van der Waals surface area contributed by atoms with Crippen LogP contribution in [-0.4, -0.2) is 209 Å². The lowest BCUT2D eigenvalue weighted by atomic mass is 9.99. The Labute approximate surface area is 640 Å². The lowest BCUT2D eigenvalue weighted by Crippen LogP contribution is -2.61. The van der Waals surface area contributed by atoms with Crippen LogP contribution in [0.25, 0.3) is 10.8 Å². The summed E-state index contributed by atoms with van der Waals surface area (Å²) in [6, 6.07) is 10.7. The van der Waals surface area contributed by atoms with E-state index >= 15 is 0 Å². The number of primary amides is 1. The quantitative estimate of drug-likeness (QED) is 0.0112. The van der Waals surface area contributed by atoms with Crippen molar-refractivity contribution in [1.29, 1.82) is 0 Å². The number of hydrogen-bond donors (Lipinski definition) is 15. The van der Waals surface area contributed by atoms with Gasteiger partial charge in [0, 0.05) is 82.1 Å². The van der Waals surface area contributed by atoms with E-state index < -0.39 is 182 Å². The van der Waals surface area contributed by atoms with Crippen LogP contribution in [-0.2, 0) is 78.4 Å². The number of pyridine rings is 2. The first-order valence-corrected chi connectivity index (χ1v) is 36.0. The monoisotopic (exact) mass is 1580 g/mol. The molecule has 0 saturated carbocycles. The van der Waals surface area contributed by atoms with Crippen LogP contribution in [0.4, 0.5) is 26.3 Å². The predicted octanol–water partition coefficient (Wildman–Crippen LogP) is 0.965. The van der Waals surface area contributed by atoms with Crippen LogP contribution in [0, 0.1) is 5.92 Å². The largest absolute Gasteiger partial charge is 0.408 e. The molecule has 18 N–H and O–H groups in total. The molecule has 0 aliphatic carbocycles. The highest BCUT2D eigenvalue weighted by Crippen LogP contribution is 2.23. The number of aromatic nitrogens is 2. The van der Waals surface area contributed by atoms with Crippen molar-refractivity contribution in [3.8, 4) is 0 Å². The number of nitrogens with two attached hydrogens (primary N) is 3. The number of aliphatic imine (C=N–C) groups is 2. The van der Waals surface area contributed by atoms with E-state index in [4.69, 9.17) is 28.8 Å². The van der Waals surface area contributed by atoms with Crippen molar-refractivity contribution < 1.29 is 84.2 Å². The maximum atomic E-state index is 14.9. The minimum absolute atomic E-state index is 0.00182. The minimum Gasteiger partial charge on any atom is -0.394 e. The number of guanidine groups is 2. The van der Waals surface area contributed by atoms with Crippen LogP contribution in [0.1, 0.15) is 94.9 Å². The van der Waals surface area contributed by atoms with Gasteiger partial charge in [-0.05, 0) is 115 Å². The van der Waals surface area contributed by atoms with Gasteiger partial charge in [-0.2, -0.15) is 26.3 Å². The second kappa shape index (κ2) is 43.2. The van der Waals surface area contributed by atoms with E-state index in [1.165, 1.54) is 44.7 Å². The van der Waals surface area contributed by atoms with Crippen molar-refractivity contribution in [3.05, 3.63) is 143 Å². The summed E-state index contributed by atoms with van der Waals surface area (Å²) in [5.41, 5.74) is 18.5. The summed E-state index contributed by atoms with van der Waals surface area (Å²) >= 11 is 6.22. The van der Waals surface area contributed by atoms with Crippen LogP contribution in [0.5, 0.6) is 0 Å². The Kier molecular flexibility index (Phi) is 34.5. The second-order valence-corrected chi connectivity index (χ2v) is 27.4. The molecule has 0 unspecified atom stereocenters. The molecule has 1 fully saturated rings. The molecule has 3 heterocycles. The van der Waals surface area contributed by atoms with E-state index in [0.717, 1.165) is 15.7 Å². The lowest BCUT2D eigenvalue weighted by Gasteiger charge is -2.31. The van der Waals surface area contributed by atoms with Crippen molar-refractivity contribution in [2.45, 2.75) is 171 Å². The third kappa shape index (κ3) is 31.0. The molecule has 38 heteroatoms. The smallest absolute Gasteiger partial charge is 0.394 e. The molecule has 10 atom stereocenters. The molecule has 3 aromatic carbocycles. The summed E-state index contributed by atoms with van der Waals surface area (Å²) < 4.78 is 79.2. The van der Waals surface area contributed by atoms with Gasteiger partial charge in [-0.15, -0.1) is 0 Å². The molecule has 31 nitrogen and oxygen atoms in total. The zero-order valence-electron chi connectivity index (χ0n) is 61.4. The summed E-state index contributed by atoms with van der Waals surface area (Å²) in [6.07, 6.45) is -5.73. The number of rotatable bonds is 40. The number of nitrogens with zero attached hydrogens (tertiary/aromatic N) is 5. The van der Waals surface area contributed by atoms with Crippen LogP contribution in [0.2, 0.25) is 5.02 Å². The van der Waals surface area contributed by atoms with Gasteiger partial charge < -0.3 is 85.7 Å². The van der Waals surface area contributed by atoms with Gasteiger partial charge in [0.15, 0.2) is 11.9 Å². The zero-order valence-corrected chi connectivity index (χ0v) is 62.1. The summed E-state index contributed by atoms with van der Waals surface area (Å²) in [7, 11) is 0. The van der Waals surface area contributed by atoms with Crippen molar-refractivity contribution >= 4 is 99.3 Å². The minimum atomic E-state index is -4.92. The maximum absolute atomic E-state index is 14.9. The molecule has 0 bridgehead atoms. The zero-order chi connectivity index (χ0) is 81.5. The van der Waals surface area contributed by atoms with Crippen molar-refractivity contribution in [2.24, 2.45) is 33.1 Å². The summed E-state index contributed by atoms with van der Waals surface area (Å²) in [5, 5.41) is 40.6. The molecule has 11 amide bonds. The number of carbonyl (C=O) groups excluding carboxylic acids is 11. The number of hydrogen-bond acceptors (Lipinski definition) is 16. The van der Waals surface area contributed by atoms with E-state index in [2.05, 4.69) is 73.1 Å². The Bertz CT molecular complexity index is 4050. The molecule has 0 radical (unpaired) electrons. The van der Waals surface area contributed by atoms with Gasteiger partial charge in [0.2, 0.25) is 65.0 Å². The molecule has 602 valence electrons. The number of amides is 11. The molecule has 0 spiro atoms. The Morgan fingerprint density at radius 3 is 1.59 bits per heavy atom. The second-order valence-electron chi connectivity index (χ2n) is 26.9. The molecular weight excluding hydrogens is 1480 g/mol. The maximum Gasteiger partial charge on any atom is 0.408 e. The number of fused-ring (bicyclic) bond motifs is 1. The van der Waals surface area contributed by atoms with Gasteiger partial charge >= 0.3 is 12.4 Å². The molecular formula is C73H94ClF6N19O12. The SMILES string of the molecule is CC(=O)N[C@H](Cc1ccc2ccccc2c1)C(=O)N[C@H](Cc1ccc(Cl)cc1)C(=O)N[C@H](Cc1cccnc1)C(=O)N[C@@H](CO)C(=O)N[C@@H](CCCN=C(N)N)C(=O)N[C@H](Cc1cccnc1)C(=O)N[C@@H](CC(C)C)C(=O)N[C@@H](CCCNC(=NCC(F)(F)F)NCC(F)(F)F)C(=O)N1CCC[C@H]1C(=O)N[C@H](C)C(N)=O. The normalized spacial score (nSPS) is 15.5. The fourth-order valence-electron chi connectivity index (χ4n) is 11.8. The predicted molar refractivity (Wildman–Crippen MR) is 397 cm³/mol. The third-order valence-electron chi connectivity index (χ3n) is 17.3. The molecule has 111 heavy (non-hydrogen) atoms. The first kappa shape index (κ1) is 88.7. The molecule has 1 aliphatic heterocycles. The lowest BCUT2D eigenvalue weighted by molar-refractivity contribution is -0.142. The number of carbonyl (C=O) groups is 11. The first-order chi connectivity index (χ1) is 52.5. The first-order valence-electron chi connectivity index (χ1n) is 35.7. The number of nitrogens with one attached hydrogen (secondary N) is 11. The number of benzene rings is 3. The van der Waals surface area contributed by atoms with Crippen LogP contribution < -0.4 is 75.7 Å². The summed E-state index contributed by atoms with van der Waals surface area (Å²) in [4.78, 5) is 172. The Hall–Kier alpha value is -11.2. The van der Waals surface area contributed by atoms with E-state index in [0.29, 0.717) is 27.3 Å². The van der Waals surface area contributed by atoms with E-state index in [9.17, 15) is 84.2 Å². The van der Waals surface area contributed by atoms with Gasteiger partial charge in [0.25, 0.3) is 0 Å². The van der Waals surface area contributed by atoms with Gasteiger partial charge in [0.1, 0.15) is 73.5 Å². The highest BCUT2D eigenvalue weighted by Gasteiger charge is 2.41. The topological polar surface area (TPSA) is 472 Å². The van der Waals surface area contributed by atoms with Gasteiger partial charge in [0.05, 0.1) is 6.61 Å². The summed E-state index contributed by atoms with van der Waals surface area (Å²) in [6.45, 7) is 0.528. The number of aliphatic hydroxyl groups is 1. The van der Waals surface area contributed by atoms with Crippen LogP contribution >= 0.6 is 11.6 Å². The van der Waals surface area contributed by atoms with E-state index in [1.807, 2.05) is 36.4 Å². The van der Waals surface area contributed by atoms with Crippen LogP contribution in [0.3, 0.4) is 0 Å². The average molecular weight is 1580 g/mol. The fraction of sp³-hybridized carbons (Fsp3) is 0.466. The van der Waals surface area contributed by atoms with Gasteiger partial charge in [-0.1, -0.05) is 92.2 Å². The molecule has 6 rings (SSSR count). The average Bonchev–Trinajstić information content (AvgIpc) is 1.75. The third-order valence-corrected chi connectivity index (χ3v) is 17.6. The van der Waals surface area contributed by atoms with E-state index in [-0.39, 0.29) is 83.3 Å². The molecule has 1 aliphatic rings. The highest BCUT2D eigenvalue weighted by atomic mass is 35.5. The van der Waals surface area contributed by atoms with E-state index in [1.54, 1.807) is 67.7 Å². The number of halogens is 7. The van der Waals surface area contributed by atoms with Crippen molar-refractivity contribution in [3.63, 3.8) is 0 Å². The van der Waals surface area contributed by atoms with Crippen molar-refractivity contribution in [2.75, 3.05) is 39.3 Å². The van der Waals surface area contributed by atoms with Crippen LogP contribution in [0.15, 0.2) is 126 Å². The molecule has 2 aromatic heterocycles. The Morgan fingerprint density at radius 2 is 1.05 bits per heavy atom. The highest BCUT2D eigenvalue weighted by molar-refractivity contribution is 6.30. The number of aliphatic hydroxyl groups excluding tert-OH is 1. The Balaban J connectivity index is 1.26. The van der Waals surface area contributed by atoms with Crippen molar-refractivity contribution in [1.82, 2.24) is 73.4 Å². The van der Waals surface area contributed by atoms with Gasteiger partial charge in [-0.3, -0.25) is 67.7 Å². The molecule has 5 aromatic rings. The standard InChI is InChI=1S/C73H94ClF6N19O12/c1-41(2)30-53(62(104)93-52(69(111)99-29-11-18-59(99)68(110)90-42(3)60(81)102)17-10-28-87-71(88-39-72(75,76)77)89-40-73(78,79)80)94-65(107)56(34-46-12-7-25-84-36-46)95-61(103)51(16-9-27-86-70(82)83)92-67(109)58(38-100)98-66(108)57(35-47-13-8-26-85-37-47)97-64(106)55(32-44-20-23-50(74)24-21-44)96-63(105)54(91-43(4)101)33-45-19-22-48-14-5-6-15-49(48)31-45/h5-8,12-15,19-26,31,36-37,41-42,51-59,100H,9-11,16-18,27-30,32-35,38-40H2,1-4H3,(H2,81,102)(H,90,110)(H,91,101)(H,92,109)(H,93,104)(H,94,107)(H,95,103)(H,96,105)(H,97,106)(H,98,108)(H4,82,83,86)(H2,87,88,89)/t42-,51+,52+,53+,54-,55-,56-,57-,58+,59+/m1/s1. The number of alkyl halides is 6. The Morgan fingerprint density at radius 1 is 0.559 bits per heavy atom. The summed E-state index contributed by atoms with van der Waals surface area (Å²) in [5.74, 6) is -11.7.